The van der Waals surface area contributed by atoms with Crippen molar-refractivity contribution in [1.82, 2.24) is 9.80 Å². The van der Waals surface area contributed by atoms with Crippen LogP contribution in [0.3, 0.4) is 0 Å². The smallest absolute Gasteiger partial charge is 0.241 e. The summed E-state index contributed by atoms with van der Waals surface area (Å²) in [5, 5.41) is 3.14. The van der Waals surface area contributed by atoms with Crippen molar-refractivity contribution in [3.05, 3.63) is 28.7 Å². The molecule has 24 heavy (non-hydrogen) atoms. The Morgan fingerprint density at radius 3 is 2.42 bits per heavy atom. The number of rotatable bonds is 4. The summed E-state index contributed by atoms with van der Waals surface area (Å²) >= 11 is 3.38. The van der Waals surface area contributed by atoms with E-state index in [1.165, 1.54) is 0 Å². The summed E-state index contributed by atoms with van der Waals surface area (Å²) in [6.07, 6.45) is 0.724. The summed E-state index contributed by atoms with van der Waals surface area (Å²) in [6.45, 7) is 3.11. The van der Waals surface area contributed by atoms with E-state index in [0.717, 1.165) is 29.7 Å². The van der Waals surface area contributed by atoms with Crippen molar-refractivity contribution in [3.8, 4) is 0 Å². The quantitative estimate of drug-likeness (QED) is 0.799. The van der Waals surface area contributed by atoms with Gasteiger partial charge in [-0.05, 0) is 30.7 Å². The fourth-order valence-electron chi connectivity index (χ4n) is 3.26. The molecular weight excluding hydrogens is 394 g/mol. The first-order valence-corrected chi connectivity index (χ1v) is 10.8. The number of carbonyl (C=O) groups excluding carboxylic acids is 1. The van der Waals surface area contributed by atoms with Crippen LogP contribution in [0.1, 0.15) is 6.42 Å². The maximum absolute atomic E-state index is 12.3. The second-order valence-corrected chi connectivity index (χ2v) is 9.48. The molecule has 0 aromatic heterocycles. The maximum atomic E-state index is 12.3. The summed E-state index contributed by atoms with van der Waals surface area (Å²) in [4.78, 5) is 16.4. The molecule has 3 rings (SSSR count). The zero-order valence-electron chi connectivity index (χ0n) is 13.4. The molecule has 2 heterocycles. The lowest BCUT2D eigenvalue weighted by molar-refractivity contribution is -0.131. The number of halogens is 1. The lowest BCUT2D eigenvalue weighted by Gasteiger charge is -2.37. The van der Waals surface area contributed by atoms with E-state index in [9.17, 15) is 13.2 Å². The minimum absolute atomic E-state index is 0.0802. The van der Waals surface area contributed by atoms with Crippen LogP contribution in [0.25, 0.3) is 0 Å². The highest BCUT2D eigenvalue weighted by atomic mass is 79.9. The summed E-state index contributed by atoms with van der Waals surface area (Å²) in [5.74, 6) is 0.650. The van der Waals surface area contributed by atoms with Gasteiger partial charge in [-0.2, -0.15) is 0 Å². The molecule has 0 unspecified atom stereocenters. The van der Waals surface area contributed by atoms with Crippen LogP contribution < -0.4 is 5.32 Å². The van der Waals surface area contributed by atoms with Crippen LogP contribution in [0.15, 0.2) is 28.7 Å². The van der Waals surface area contributed by atoms with Crippen molar-refractivity contribution < 1.29 is 13.2 Å². The Kier molecular flexibility index (Phi) is 5.46. The van der Waals surface area contributed by atoms with Gasteiger partial charge in [-0.1, -0.05) is 15.9 Å². The Labute approximate surface area is 151 Å². The van der Waals surface area contributed by atoms with Crippen LogP contribution in [-0.4, -0.2) is 74.4 Å². The molecule has 1 N–H and O–H groups in total. The number of piperazine rings is 1. The van der Waals surface area contributed by atoms with E-state index in [1.807, 2.05) is 29.2 Å². The highest BCUT2D eigenvalue weighted by molar-refractivity contribution is 9.10. The largest absolute Gasteiger partial charge is 0.376 e. The third-order valence-electron chi connectivity index (χ3n) is 4.68. The Bertz CT molecular complexity index is 685. The SMILES string of the molecule is O=C(CNc1ccc(Br)cc1)N1CCN([C@H]2CCS(=O)(=O)C2)CC1. The second-order valence-electron chi connectivity index (χ2n) is 6.33. The number of hydrogen-bond donors (Lipinski definition) is 1. The van der Waals surface area contributed by atoms with Crippen LogP contribution in [0, 0.1) is 0 Å². The molecule has 0 aliphatic carbocycles. The van der Waals surface area contributed by atoms with Gasteiger partial charge in [0, 0.05) is 42.4 Å². The van der Waals surface area contributed by atoms with E-state index in [1.54, 1.807) is 0 Å². The molecule has 1 atom stereocenters. The zero-order chi connectivity index (χ0) is 17.2. The molecule has 1 aromatic carbocycles. The molecular formula is C16H22BrN3O3S. The fraction of sp³-hybridized carbons (Fsp3) is 0.562. The monoisotopic (exact) mass is 415 g/mol. The predicted molar refractivity (Wildman–Crippen MR) is 97.8 cm³/mol. The molecule has 132 valence electrons. The summed E-state index contributed by atoms with van der Waals surface area (Å²) < 4.78 is 24.2. The van der Waals surface area contributed by atoms with Gasteiger partial charge in [-0.15, -0.1) is 0 Å². The Hall–Kier alpha value is -1.12. The fourth-order valence-corrected chi connectivity index (χ4v) is 5.28. The average molecular weight is 416 g/mol. The predicted octanol–water partition coefficient (Wildman–Crippen LogP) is 1.19. The van der Waals surface area contributed by atoms with Crippen LogP contribution in [0.2, 0.25) is 0 Å². The number of hydrogen-bond acceptors (Lipinski definition) is 5. The van der Waals surface area contributed by atoms with Crippen molar-refractivity contribution in [2.45, 2.75) is 12.5 Å². The first kappa shape index (κ1) is 17.7. The Morgan fingerprint density at radius 2 is 1.83 bits per heavy atom. The number of sulfone groups is 1. The van der Waals surface area contributed by atoms with Crippen LogP contribution >= 0.6 is 15.9 Å². The third-order valence-corrected chi connectivity index (χ3v) is 6.96. The normalized spacial score (nSPS) is 24.0. The molecule has 2 saturated heterocycles. The molecule has 1 amide bonds. The summed E-state index contributed by atoms with van der Waals surface area (Å²) in [7, 11) is -2.85. The van der Waals surface area contributed by atoms with E-state index in [4.69, 9.17) is 0 Å². The van der Waals surface area contributed by atoms with Gasteiger partial charge in [-0.3, -0.25) is 9.69 Å². The van der Waals surface area contributed by atoms with E-state index in [0.29, 0.717) is 18.8 Å². The standard InChI is InChI=1S/C16H22BrN3O3S/c17-13-1-3-14(4-2-13)18-11-16(21)20-8-6-19(7-9-20)15-5-10-24(22,23)12-15/h1-4,15,18H,5-12H2/t15-/m0/s1. The molecule has 2 aliphatic heterocycles. The van der Waals surface area contributed by atoms with Gasteiger partial charge >= 0.3 is 0 Å². The van der Waals surface area contributed by atoms with Gasteiger partial charge in [-0.25, -0.2) is 8.42 Å². The molecule has 8 heteroatoms. The van der Waals surface area contributed by atoms with Gasteiger partial charge in [0.25, 0.3) is 0 Å². The first-order valence-electron chi connectivity index (χ1n) is 8.15. The van der Waals surface area contributed by atoms with E-state index in [-0.39, 0.29) is 24.2 Å². The molecule has 6 nitrogen and oxygen atoms in total. The zero-order valence-corrected chi connectivity index (χ0v) is 15.9. The van der Waals surface area contributed by atoms with Crippen LogP contribution in [0.4, 0.5) is 5.69 Å². The van der Waals surface area contributed by atoms with Gasteiger partial charge in [0.2, 0.25) is 5.91 Å². The number of nitrogens with one attached hydrogen (secondary N) is 1. The lowest BCUT2D eigenvalue weighted by Crippen LogP contribution is -2.53. The third kappa shape index (κ3) is 4.49. The Balaban J connectivity index is 1.44. The summed E-state index contributed by atoms with van der Waals surface area (Å²) in [6, 6.07) is 7.85. The molecule has 2 fully saturated rings. The van der Waals surface area contributed by atoms with E-state index >= 15 is 0 Å². The van der Waals surface area contributed by atoms with Gasteiger partial charge in [0.1, 0.15) is 0 Å². The topological polar surface area (TPSA) is 69.7 Å². The van der Waals surface area contributed by atoms with Crippen molar-refractivity contribution in [2.24, 2.45) is 0 Å². The number of nitrogens with zero attached hydrogens (tertiary/aromatic N) is 2. The van der Waals surface area contributed by atoms with Gasteiger partial charge in [0.15, 0.2) is 9.84 Å². The highest BCUT2D eigenvalue weighted by Gasteiger charge is 2.34. The van der Waals surface area contributed by atoms with E-state index < -0.39 is 9.84 Å². The average Bonchev–Trinajstić information content (AvgIpc) is 2.94. The van der Waals surface area contributed by atoms with Crippen molar-refractivity contribution in [1.29, 1.82) is 0 Å². The van der Waals surface area contributed by atoms with Crippen LogP contribution in [0.5, 0.6) is 0 Å². The molecule has 0 saturated carbocycles. The Morgan fingerprint density at radius 1 is 1.17 bits per heavy atom. The second kappa shape index (κ2) is 7.41. The van der Waals surface area contributed by atoms with Crippen molar-refractivity contribution in [2.75, 3.05) is 49.5 Å². The number of anilines is 1. The highest BCUT2D eigenvalue weighted by Crippen LogP contribution is 2.19. The maximum Gasteiger partial charge on any atom is 0.241 e. The lowest BCUT2D eigenvalue weighted by atomic mass is 10.2. The number of benzene rings is 1. The molecule has 0 radical (unpaired) electrons. The molecule has 2 aliphatic rings. The molecule has 0 spiro atoms. The van der Waals surface area contributed by atoms with E-state index in [2.05, 4.69) is 26.1 Å². The summed E-state index contributed by atoms with van der Waals surface area (Å²) in [5.41, 5.74) is 0.918. The van der Waals surface area contributed by atoms with Crippen molar-refractivity contribution in [3.63, 3.8) is 0 Å². The van der Waals surface area contributed by atoms with Gasteiger partial charge in [0.05, 0.1) is 18.1 Å². The number of carbonyl (C=O) groups is 1. The first-order chi connectivity index (χ1) is 11.4. The van der Waals surface area contributed by atoms with Gasteiger partial charge < -0.3 is 10.2 Å². The minimum Gasteiger partial charge on any atom is -0.376 e. The van der Waals surface area contributed by atoms with Crippen molar-refractivity contribution >= 4 is 37.4 Å². The minimum atomic E-state index is -2.85. The molecule has 1 aromatic rings. The van der Waals surface area contributed by atoms with Crippen LogP contribution in [-0.2, 0) is 14.6 Å². The molecule has 0 bridgehead atoms. The number of amides is 1.